The van der Waals surface area contributed by atoms with Gasteiger partial charge in [-0.3, -0.25) is 9.88 Å². The topological polar surface area (TPSA) is 59.7 Å². The molecule has 1 fully saturated rings. The van der Waals surface area contributed by atoms with Gasteiger partial charge in [-0.05, 0) is 19.4 Å². The van der Waals surface area contributed by atoms with Gasteiger partial charge in [-0.25, -0.2) is 15.0 Å². The molecule has 1 aliphatic heterocycles. The third-order valence-electron chi connectivity index (χ3n) is 4.53. The Morgan fingerprint density at radius 2 is 2.21 bits per heavy atom. The van der Waals surface area contributed by atoms with Crippen molar-refractivity contribution in [1.82, 2.24) is 29.4 Å². The molecule has 124 valence electrons. The smallest absolute Gasteiger partial charge is 0.107 e. The molecule has 0 saturated carbocycles. The maximum absolute atomic E-state index is 4.87. The van der Waals surface area contributed by atoms with E-state index >= 15 is 0 Å². The molecule has 4 rings (SSSR count). The second-order valence-corrected chi connectivity index (χ2v) is 6.99. The number of aromatic nitrogens is 5. The highest BCUT2D eigenvalue weighted by Gasteiger charge is 2.23. The van der Waals surface area contributed by atoms with Gasteiger partial charge in [0.05, 0.1) is 41.3 Å². The van der Waals surface area contributed by atoms with E-state index in [0.717, 1.165) is 48.8 Å². The van der Waals surface area contributed by atoms with Gasteiger partial charge in [0.1, 0.15) is 5.69 Å². The van der Waals surface area contributed by atoms with Crippen molar-refractivity contribution in [2.45, 2.75) is 25.3 Å². The Kier molecular flexibility index (Phi) is 4.36. The Bertz CT molecular complexity index is 797. The molecule has 0 radical (unpaired) electrons. The number of likely N-dealkylation sites (tertiary alicyclic amines) is 1. The average molecular weight is 340 g/mol. The third kappa shape index (κ3) is 3.22. The Balaban J connectivity index is 1.52. The zero-order chi connectivity index (χ0) is 16.4. The van der Waals surface area contributed by atoms with E-state index in [1.165, 1.54) is 6.42 Å². The molecule has 1 atom stereocenters. The number of hydrogen-bond acceptors (Lipinski definition) is 6. The third-order valence-corrected chi connectivity index (χ3v) is 5.16. The van der Waals surface area contributed by atoms with Crippen LogP contribution < -0.4 is 0 Å². The Morgan fingerprint density at radius 1 is 1.25 bits per heavy atom. The van der Waals surface area contributed by atoms with E-state index in [1.54, 1.807) is 17.7 Å². The first kappa shape index (κ1) is 15.4. The number of rotatable bonds is 4. The number of piperidine rings is 1. The van der Waals surface area contributed by atoms with Crippen molar-refractivity contribution < 1.29 is 0 Å². The van der Waals surface area contributed by atoms with Crippen LogP contribution in [0.2, 0.25) is 0 Å². The average Bonchev–Trinajstić information content (AvgIpc) is 3.27. The minimum atomic E-state index is 0.429. The van der Waals surface area contributed by atoms with E-state index in [2.05, 4.69) is 25.2 Å². The fourth-order valence-corrected chi connectivity index (χ4v) is 3.84. The van der Waals surface area contributed by atoms with Gasteiger partial charge in [0, 0.05) is 37.6 Å². The van der Waals surface area contributed by atoms with Gasteiger partial charge in [-0.15, -0.1) is 11.3 Å². The highest BCUT2D eigenvalue weighted by Crippen LogP contribution is 2.27. The summed E-state index contributed by atoms with van der Waals surface area (Å²) in [5.41, 5.74) is 6.04. The first-order chi connectivity index (χ1) is 11.8. The summed E-state index contributed by atoms with van der Waals surface area (Å²) in [4.78, 5) is 20.3. The normalized spacial score (nSPS) is 18.8. The lowest BCUT2D eigenvalue weighted by atomic mass is 9.95. The number of aryl methyl sites for hydroxylation is 1. The van der Waals surface area contributed by atoms with Gasteiger partial charge in [-0.2, -0.15) is 0 Å². The lowest BCUT2D eigenvalue weighted by Crippen LogP contribution is -2.34. The van der Waals surface area contributed by atoms with Gasteiger partial charge < -0.3 is 4.57 Å². The van der Waals surface area contributed by atoms with Crippen LogP contribution in [0.3, 0.4) is 0 Å². The first-order valence-electron chi connectivity index (χ1n) is 8.17. The van der Waals surface area contributed by atoms with Crippen molar-refractivity contribution in [3.63, 3.8) is 0 Å². The Hall–Kier alpha value is -2.12. The molecule has 0 aromatic carbocycles. The Labute approximate surface area is 145 Å². The molecule has 0 N–H and O–H groups in total. The van der Waals surface area contributed by atoms with Crippen LogP contribution >= 0.6 is 11.3 Å². The molecule has 0 aliphatic carbocycles. The van der Waals surface area contributed by atoms with E-state index in [9.17, 15) is 0 Å². The second-order valence-electron chi connectivity index (χ2n) is 6.27. The van der Waals surface area contributed by atoms with Crippen LogP contribution in [0, 0.1) is 0 Å². The predicted molar refractivity (Wildman–Crippen MR) is 93.6 cm³/mol. The molecule has 3 aromatic heterocycles. The maximum Gasteiger partial charge on any atom is 0.107 e. The summed E-state index contributed by atoms with van der Waals surface area (Å²) in [6.07, 6.45) is 9.71. The molecular weight excluding hydrogens is 320 g/mol. The standard InChI is InChI=1S/C17H20N6S/c1-22-11-19-7-17(22)16-6-18-5-15(21-16)13-3-2-4-23(8-13)9-14-10-24-12-20-14/h5-7,10-13H,2-4,8-9H2,1H3. The minimum Gasteiger partial charge on any atom is -0.332 e. The zero-order valence-corrected chi connectivity index (χ0v) is 14.5. The SMILES string of the molecule is Cn1cncc1-c1cncc(C2CCCN(Cc3cscn3)C2)n1. The van der Waals surface area contributed by atoms with Gasteiger partial charge >= 0.3 is 0 Å². The lowest BCUT2D eigenvalue weighted by molar-refractivity contribution is 0.196. The van der Waals surface area contributed by atoms with Crippen LogP contribution in [0.5, 0.6) is 0 Å². The largest absolute Gasteiger partial charge is 0.332 e. The summed E-state index contributed by atoms with van der Waals surface area (Å²) in [6, 6.07) is 0. The molecule has 24 heavy (non-hydrogen) atoms. The van der Waals surface area contributed by atoms with E-state index in [1.807, 2.05) is 35.7 Å². The molecule has 0 spiro atoms. The van der Waals surface area contributed by atoms with Gasteiger partial charge in [0.15, 0.2) is 0 Å². The summed E-state index contributed by atoms with van der Waals surface area (Å²) >= 11 is 1.66. The second kappa shape index (κ2) is 6.78. The van der Waals surface area contributed by atoms with E-state index < -0.39 is 0 Å². The number of nitrogens with zero attached hydrogens (tertiary/aromatic N) is 6. The summed E-state index contributed by atoms with van der Waals surface area (Å²) in [5, 5.41) is 2.13. The molecule has 0 amide bonds. The monoisotopic (exact) mass is 340 g/mol. The number of imidazole rings is 1. The van der Waals surface area contributed by atoms with E-state index in [-0.39, 0.29) is 0 Å². The molecular formula is C17H20N6S. The highest BCUT2D eigenvalue weighted by atomic mass is 32.1. The summed E-state index contributed by atoms with van der Waals surface area (Å²) in [6.45, 7) is 3.07. The molecule has 1 unspecified atom stereocenters. The Morgan fingerprint density at radius 3 is 3.00 bits per heavy atom. The van der Waals surface area contributed by atoms with Crippen LogP contribution in [0.1, 0.15) is 30.1 Å². The quantitative estimate of drug-likeness (QED) is 0.731. The van der Waals surface area contributed by atoms with Crippen LogP contribution in [-0.4, -0.2) is 42.5 Å². The molecule has 6 nitrogen and oxygen atoms in total. The summed E-state index contributed by atoms with van der Waals surface area (Å²) in [7, 11) is 1.98. The predicted octanol–water partition coefficient (Wildman–Crippen LogP) is 2.71. The first-order valence-corrected chi connectivity index (χ1v) is 9.12. The van der Waals surface area contributed by atoms with Crippen molar-refractivity contribution in [2.75, 3.05) is 13.1 Å². The van der Waals surface area contributed by atoms with Crippen molar-refractivity contribution in [3.05, 3.63) is 47.2 Å². The van der Waals surface area contributed by atoms with Crippen LogP contribution in [0.4, 0.5) is 0 Å². The van der Waals surface area contributed by atoms with E-state index in [0.29, 0.717) is 5.92 Å². The molecule has 3 aromatic rings. The minimum absolute atomic E-state index is 0.429. The highest BCUT2D eigenvalue weighted by molar-refractivity contribution is 7.07. The molecule has 1 saturated heterocycles. The van der Waals surface area contributed by atoms with Crippen LogP contribution in [-0.2, 0) is 13.6 Å². The summed E-state index contributed by atoms with van der Waals surface area (Å²) < 4.78 is 1.98. The molecule has 1 aliphatic rings. The zero-order valence-electron chi connectivity index (χ0n) is 13.7. The van der Waals surface area contributed by atoms with Crippen molar-refractivity contribution >= 4 is 11.3 Å². The van der Waals surface area contributed by atoms with Gasteiger partial charge in [0.25, 0.3) is 0 Å². The van der Waals surface area contributed by atoms with Gasteiger partial charge in [-0.1, -0.05) is 0 Å². The van der Waals surface area contributed by atoms with E-state index in [4.69, 9.17) is 4.98 Å². The maximum atomic E-state index is 4.87. The molecule has 7 heteroatoms. The fraction of sp³-hybridized carbons (Fsp3) is 0.412. The van der Waals surface area contributed by atoms with Crippen LogP contribution in [0.15, 0.2) is 35.8 Å². The lowest BCUT2D eigenvalue weighted by Gasteiger charge is -2.31. The fourth-order valence-electron chi connectivity index (χ4n) is 3.29. The number of thiazole rings is 1. The molecule has 0 bridgehead atoms. The number of hydrogen-bond donors (Lipinski definition) is 0. The van der Waals surface area contributed by atoms with Crippen LogP contribution in [0.25, 0.3) is 11.4 Å². The van der Waals surface area contributed by atoms with Crippen molar-refractivity contribution in [3.8, 4) is 11.4 Å². The van der Waals surface area contributed by atoms with Gasteiger partial charge in [0.2, 0.25) is 0 Å². The van der Waals surface area contributed by atoms with Crippen molar-refractivity contribution in [1.29, 1.82) is 0 Å². The van der Waals surface area contributed by atoms with Crippen molar-refractivity contribution in [2.24, 2.45) is 7.05 Å². The molecule has 4 heterocycles. The summed E-state index contributed by atoms with van der Waals surface area (Å²) in [5.74, 6) is 0.429.